The van der Waals surface area contributed by atoms with Gasteiger partial charge in [-0.1, -0.05) is 6.07 Å². The Kier molecular flexibility index (Phi) is 7.44. The summed E-state index contributed by atoms with van der Waals surface area (Å²) in [6.45, 7) is 9.55. The van der Waals surface area contributed by atoms with Crippen molar-refractivity contribution in [2.45, 2.75) is 31.4 Å². The zero-order valence-electron chi connectivity index (χ0n) is 16.4. The molecule has 1 aromatic heterocycles. The van der Waals surface area contributed by atoms with E-state index >= 15 is 0 Å². The summed E-state index contributed by atoms with van der Waals surface area (Å²) in [5.41, 5.74) is -0.775. The number of aliphatic hydroxyl groups is 1. The van der Waals surface area contributed by atoms with Crippen LogP contribution in [0.25, 0.3) is 0 Å². The zero-order chi connectivity index (χ0) is 19.2. The molecule has 8 heteroatoms. The van der Waals surface area contributed by atoms with Crippen LogP contribution in [0.3, 0.4) is 0 Å². The number of guanidine groups is 1. The molecule has 0 bridgehead atoms. The number of hydrogen-bond acceptors (Lipinski definition) is 6. The van der Waals surface area contributed by atoms with E-state index < -0.39 is 5.60 Å². The van der Waals surface area contributed by atoms with E-state index in [4.69, 9.17) is 4.74 Å². The highest BCUT2D eigenvalue weighted by Crippen LogP contribution is 2.33. The summed E-state index contributed by atoms with van der Waals surface area (Å²) in [5, 5.41) is 19.6. The van der Waals surface area contributed by atoms with Crippen LogP contribution < -0.4 is 10.6 Å². The summed E-state index contributed by atoms with van der Waals surface area (Å²) in [4.78, 5) is 8.22. The Bertz CT molecular complexity index is 595. The van der Waals surface area contributed by atoms with E-state index in [0.717, 1.165) is 56.0 Å². The van der Waals surface area contributed by atoms with Gasteiger partial charge in [0.05, 0.1) is 19.8 Å². The van der Waals surface area contributed by atoms with E-state index in [-0.39, 0.29) is 5.54 Å². The first-order chi connectivity index (χ1) is 13.1. The van der Waals surface area contributed by atoms with Crippen molar-refractivity contribution in [2.24, 2.45) is 4.99 Å². The number of thioether (sulfide) groups is 1. The van der Waals surface area contributed by atoms with Gasteiger partial charge in [0.15, 0.2) is 5.96 Å². The number of morpholine rings is 1. The molecular formula is C19H32N4O2S2. The lowest BCUT2D eigenvalue weighted by Gasteiger charge is -2.43. The van der Waals surface area contributed by atoms with Gasteiger partial charge < -0.3 is 20.5 Å². The minimum Gasteiger partial charge on any atom is -0.383 e. The van der Waals surface area contributed by atoms with Crippen LogP contribution >= 0.6 is 23.1 Å². The predicted octanol–water partition coefficient (Wildman–Crippen LogP) is 1.72. The molecule has 152 valence electrons. The van der Waals surface area contributed by atoms with Gasteiger partial charge in [0.1, 0.15) is 5.60 Å². The standard InChI is InChI=1S/C19H32N4O2S2/c1-3-20-17(21-13-18(2,24)16-5-4-11-27-16)22-14-19(6-12-26-15-19)23-7-9-25-10-8-23/h4-5,11,24H,3,6-10,12-15H2,1-2H3,(H2,20,21,22). The molecule has 0 spiro atoms. The first kappa shape index (κ1) is 20.9. The van der Waals surface area contributed by atoms with Crippen molar-refractivity contribution in [3.05, 3.63) is 22.4 Å². The molecule has 0 aliphatic carbocycles. The van der Waals surface area contributed by atoms with Crippen LogP contribution in [0, 0.1) is 0 Å². The van der Waals surface area contributed by atoms with Crippen molar-refractivity contribution in [3.63, 3.8) is 0 Å². The summed E-state index contributed by atoms with van der Waals surface area (Å²) >= 11 is 3.60. The third kappa shape index (κ3) is 5.38. The van der Waals surface area contributed by atoms with Crippen LogP contribution in [-0.4, -0.2) is 78.9 Å². The van der Waals surface area contributed by atoms with E-state index in [2.05, 4.69) is 27.4 Å². The molecule has 3 heterocycles. The highest BCUT2D eigenvalue weighted by atomic mass is 32.2. The molecule has 3 N–H and O–H groups in total. The van der Waals surface area contributed by atoms with Gasteiger partial charge in [0.2, 0.25) is 0 Å². The quantitative estimate of drug-likeness (QED) is 0.468. The second-order valence-electron chi connectivity index (χ2n) is 7.43. The van der Waals surface area contributed by atoms with Crippen molar-refractivity contribution in [1.29, 1.82) is 0 Å². The Hall–Kier alpha value is -0.800. The highest BCUT2D eigenvalue weighted by molar-refractivity contribution is 7.99. The zero-order valence-corrected chi connectivity index (χ0v) is 18.0. The Labute approximate surface area is 170 Å². The van der Waals surface area contributed by atoms with Gasteiger partial charge in [0.25, 0.3) is 0 Å². The third-order valence-electron chi connectivity index (χ3n) is 5.29. The van der Waals surface area contributed by atoms with Gasteiger partial charge in [-0.3, -0.25) is 4.90 Å². The first-order valence-electron chi connectivity index (χ1n) is 9.75. The first-order valence-corrected chi connectivity index (χ1v) is 11.8. The van der Waals surface area contributed by atoms with E-state index in [0.29, 0.717) is 6.54 Å². The van der Waals surface area contributed by atoms with Crippen LogP contribution in [-0.2, 0) is 10.3 Å². The number of nitrogens with one attached hydrogen (secondary N) is 2. The maximum atomic E-state index is 10.7. The van der Waals surface area contributed by atoms with Crippen LogP contribution in [0.2, 0.25) is 0 Å². The SMILES string of the molecule is CCNC(=NCC(C)(O)c1cccs1)NCC1(N2CCOCC2)CCSC1. The Morgan fingerprint density at radius 2 is 2.22 bits per heavy atom. The van der Waals surface area contributed by atoms with Crippen LogP contribution in [0.1, 0.15) is 25.1 Å². The minimum absolute atomic E-state index is 0.168. The van der Waals surface area contributed by atoms with Gasteiger partial charge in [-0.15, -0.1) is 11.3 Å². The van der Waals surface area contributed by atoms with Crippen molar-refractivity contribution in [2.75, 3.05) is 57.4 Å². The van der Waals surface area contributed by atoms with Crippen LogP contribution in [0.15, 0.2) is 22.5 Å². The molecule has 2 unspecified atom stereocenters. The summed E-state index contributed by atoms with van der Waals surface area (Å²) in [5.74, 6) is 3.13. The van der Waals surface area contributed by atoms with Gasteiger partial charge in [-0.05, 0) is 37.5 Å². The monoisotopic (exact) mass is 412 g/mol. The van der Waals surface area contributed by atoms with Gasteiger partial charge in [-0.25, -0.2) is 4.99 Å². The second kappa shape index (κ2) is 9.60. The van der Waals surface area contributed by atoms with Crippen molar-refractivity contribution in [1.82, 2.24) is 15.5 Å². The highest BCUT2D eigenvalue weighted by Gasteiger charge is 2.40. The summed E-state index contributed by atoms with van der Waals surface area (Å²) in [7, 11) is 0. The molecule has 3 rings (SSSR count). The summed E-state index contributed by atoms with van der Waals surface area (Å²) < 4.78 is 5.55. The van der Waals surface area contributed by atoms with Crippen molar-refractivity contribution < 1.29 is 9.84 Å². The average molecular weight is 413 g/mol. The maximum absolute atomic E-state index is 10.7. The predicted molar refractivity (Wildman–Crippen MR) is 115 cm³/mol. The lowest BCUT2D eigenvalue weighted by Crippen LogP contribution is -2.60. The fourth-order valence-electron chi connectivity index (χ4n) is 3.62. The molecule has 2 aliphatic heterocycles. The van der Waals surface area contributed by atoms with Crippen LogP contribution in [0.4, 0.5) is 0 Å². The topological polar surface area (TPSA) is 69.1 Å². The van der Waals surface area contributed by atoms with Crippen molar-refractivity contribution in [3.8, 4) is 0 Å². The molecule has 0 radical (unpaired) electrons. The Balaban J connectivity index is 1.64. The molecule has 0 aromatic carbocycles. The van der Waals surface area contributed by atoms with E-state index in [1.807, 2.05) is 36.2 Å². The second-order valence-corrected chi connectivity index (χ2v) is 9.48. The largest absolute Gasteiger partial charge is 0.383 e. The normalized spacial score (nSPS) is 26.7. The molecule has 2 aliphatic rings. The maximum Gasteiger partial charge on any atom is 0.191 e. The lowest BCUT2D eigenvalue weighted by atomic mass is 9.95. The molecule has 6 nitrogen and oxygen atoms in total. The summed E-state index contributed by atoms with van der Waals surface area (Å²) in [6, 6.07) is 3.93. The Morgan fingerprint density at radius 3 is 2.85 bits per heavy atom. The number of thiophene rings is 1. The lowest BCUT2D eigenvalue weighted by molar-refractivity contribution is -0.0120. The smallest absolute Gasteiger partial charge is 0.191 e. The molecule has 1 aromatic rings. The number of aliphatic imine (C=N–C) groups is 1. The van der Waals surface area contributed by atoms with Gasteiger partial charge in [-0.2, -0.15) is 11.8 Å². The van der Waals surface area contributed by atoms with Gasteiger partial charge >= 0.3 is 0 Å². The molecular weight excluding hydrogens is 380 g/mol. The van der Waals surface area contributed by atoms with Crippen LogP contribution in [0.5, 0.6) is 0 Å². The third-order valence-corrected chi connectivity index (χ3v) is 7.65. The fourth-order valence-corrected chi connectivity index (χ4v) is 5.88. The minimum atomic E-state index is -0.943. The Morgan fingerprint density at radius 1 is 1.41 bits per heavy atom. The fraction of sp³-hybridized carbons (Fsp3) is 0.737. The molecule has 2 fully saturated rings. The van der Waals surface area contributed by atoms with E-state index in [1.165, 1.54) is 12.2 Å². The molecule has 0 saturated carbocycles. The average Bonchev–Trinajstić information content (AvgIpc) is 3.38. The van der Waals surface area contributed by atoms with Crippen molar-refractivity contribution >= 4 is 29.1 Å². The molecule has 0 amide bonds. The number of hydrogen-bond donors (Lipinski definition) is 3. The molecule has 27 heavy (non-hydrogen) atoms. The van der Waals surface area contributed by atoms with E-state index in [1.54, 1.807) is 11.3 Å². The molecule has 2 saturated heterocycles. The molecule has 2 atom stereocenters. The number of nitrogens with zero attached hydrogens (tertiary/aromatic N) is 2. The van der Waals surface area contributed by atoms with Gasteiger partial charge in [0, 0.05) is 42.3 Å². The summed E-state index contributed by atoms with van der Waals surface area (Å²) in [6.07, 6.45) is 1.19. The number of ether oxygens (including phenoxy) is 1. The number of rotatable bonds is 7. The van der Waals surface area contributed by atoms with E-state index in [9.17, 15) is 5.11 Å².